The van der Waals surface area contributed by atoms with Crippen molar-refractivity contribution in [3.63, 3.8) is 0 Å². The topological polar surface area (TPSA) is 131 Å². The van der Waals surface area contributed by atoms with Gasteiger partial charge in [-0.3, -0.25) is 15.0 Å². The number of sulfonamides is 1. The van der Waals surface area contributed by atoms with Crippen molar-refractivity contribution in [3.05, 3.63) is 93.3 Å². The molecule has 0 fully saturated rings. The summed E-state index contributed by atoms with van der Waals surface area (Å²) in [5, 5.41) is 2.78. The van der Waals surface area contributed by atoms with Crippen molar-refractivity contribution in [2.75, 3.05) is 11.9 Å². The predicted octanol–water partition coefficient (Wildman–Crippen LogP) is 4.48. The zero-order chi connectivity index (χ0) is 30.1. The molecule has 41 heavy (non-hydrogen) atoms. The second-order valence-corrected chi connectivity index (χ2v) is 12.3. The summed E-state index contributed by atoms with van der Waals surface area (Å²) in [7, 11) is -4.60. The van der Waals surface area contributed by atoms with Gasteiger partial charge in [0.05, 0.1) is 24.9 Å². The van der Waals surface area contributed by atoms with Crippen LogP contribution in [0.2, 0.25) is 5.02 Å². The Hall–Kier alpha value is -3.35. The number of benzene rings is 3. The van der Waals surface area contributed by atoms with Crippen LogP contribution in [-0.4, -0.2) is 37.1 Å². The minimum absolute atomic E-state index is 0.0485. The number of hydrazine groups is 1. The first-order valence-corrected chi connectivity index (χ1v) is 14.7. The summed E-state index contributed by atoms with van der Waals surface area (Å²) >= 11 is 6.35. The molecular formula is C29H32ClFN4O5S. The van der Waals surface area contributed by atoms with Gasteiger partial charge in [-0.15, -0.1) is 0 Å². The van der Waals surface area contributed by atoms with Crippen molar-refractivity contribution in [2.24, 2.45) is 5.84 Å². The zero-order valence-electron chi connectivity index (χ0n) is 23.1. The molecule has 1 aliphatic heterocycles. The lowest BCUT2D eigenvalue weighted by molar-refractivity contribution is -0.126. The summed E-state index contributed by atoms with van der Waals surface area (Å²) in [6.07, 6.45) is -0.787. The van der Waals surface area contributed by atoms with E-state index in [4.69, 9.17) is 22.2 Å². The van der Waals surface area contributed by atoms with E-state index in [1.807, 2.05) is 35.8 Å². The van der Waals surface area contributed by atoms with Crippen LogP contribution in [0.3, 0.4) is 0 Å². The third kappa shape index (κ3) is 6.14. The normalized spacial score (nSPS) is 17.1. The van der Waals surface area contributed by atoms with Crippen LogP contribution in [0.25, 0.3) is 0 Å². The summed E-state index contributed by atoms with van der Waals surface area (Å²) in [6.45, 7) is 6.12. The van der Waals surface area contributed by atoms with Crippen LogP contribution in [0.4, 0.5) is 10.1 Å². The number of aryl methyl sites for hydroxylation is 1. The van der Waals surface area contributed by atoms with Gasteiger partial charge in [0.15, 0.2) is 0 Å². The number of nitrogens with two attached hydrogens (primary N) is 1. The van der Waals surface area contributed by atoms with Crippen molar-refractivity contribution >= 4 is 39.1 Å². The number of ether oxygens (including phenoxy) is 1. The van der Waals surface area contributed by atoms with Gasteiger partial charge < -0.3 is 10.1 Å². The first-order valence-electron chi connectivity index (χ1n) is 12.9. The van der Waals surface area contributed by atoms with Gasteiger partial charge in [-0.25, -0.2) is 18.7 Å². The van der Waals surface area contributed by atoms with Gasteiger partial charge in [-0.05, 0) is 61.2 Å². The lowest BCUT2D eigenvalue weighted by Gasteiger charge is -2.33. The number of anilines is 1. The van der Waals surface area contributed by atoms with E-state index in [-0.39, 0.29) is 33.3 Å². The Morgan fingerprint density at radius 2 is 1.85 bits per heavy atom. The highest BCUT2D eigenvalue weighted by Gasteiger charge is 2.45. The van der Waals surface area contributed by atoms with Gasteiger partial charge >= 0.3 is 0 Å². The molecule has 218 valence electrons. The Balaban J connectivity index is 1.85. The Bertz CT molecular complexity index is 1590. The largest absolute Gasteiger partial charge is 0.369 e. The summed E-state index contributed by atoms with van der Waals surface area (Å²) < 4.78 is 50.8. The molecule has 9 nitrogen and oxygen atoms in total. The second-order valence-electron chi connectivity index (χ2n) is 10.1. The van der Waals surface area contributed by atoms with E-state index in [1.54, 1.807) is 26.8 Å². The van der Waals surface area contributed by atoms with Crippen molar-refractivity contribution < 1.29 is 27.1 Å². The summed E-state index contributed by atoms with van der Waals surface area (Å²) in [4.78, 5) is 26.1. The molecule has 2 unspecified atom stereocenters. The number of fused-ring (bicyclic) bond motifs is 1. The maximum Gasteiger partial charge on any atom is 0.252 e. The fraction of sp³-hybridized carbons (Fsp3) is 0.310. The van der Waals surface area contributed by atoms with E-state index >= 15 is 4.39 Å². The molecule has 4 N–H and O–H groups in total. The second kappa shape index (κ2) is 12.3. The van der Waals surface area contributed by atoms with Crippen molar-refractivity contribution in [2.45, 2.75) is 57.3 Å². The van der Waals surface area contributed by atoms with Gasteiger partial charge in [0.1, 0.15) is 16.8 Å². The number of nitrogens with zero attached hydrogens (tertiary/aromatic N) is 1. The van der Waals surface area contributed by atoms with Crippen LogP contribution in [0.1, 0.15) is 53.7 Å². The van der Waals surface area contributed by atoms with Crippen LogP contribution in [0.15, 0.2) is 59.5 Å². The van der Waals surface area contributed by atoms with Gasteiger partial charge in [-0.2, -0.15) is 4.31 Å². The molecule has 0 spiro atoms. The minimum Gasteiger partial charge on any atom is -0.369 e. The van der Waals surface area contributed by atoms with E-state index in [0.717, 1.165) is 15.4 Å². The fourth-order valence-electron chi connectivity index (χ4n) is 5.18. The van der Waals surface area contributed by atoms with E-state index in [0.29, 0.717) is 5.56 Å². The Labute approximate surface area is 243 Å². The van der Waals surface area contributed by atoms with Gasteiger partial charge in [0.25, 0.3) is 5.91 Å². The Morgan fingerprint density at radius 1 is 1.17 bits per heavy atom. The Kier molecular flexibility index (Phi) is 9.15. The summed E-state index contributed by atoms with van der Waals surface area (Å²) in [5.41, 5.74) is 4.47. The van der Waals surface area contributed by atoms with Crippen LogP contribution < -0.4 is 16.6 Å². The zero-order valence-corrected chi connectivity index (χ0v) is 24.6. The molecule has 1 aliphatic rings. The van der Waals surface area contributed by atoms with Crippen LogP contribution in [0, 0.1) is 19.7 Å². The molecule has 12 heteroatoms. The lowest BCUT2D eigenvalue weighted by atomic mass is 9.87. The number of halogens is 2. The smallest absolute Gasteiger partial charge is 0.252 e. The third-order valence-electron chi connectivity index (χ3n) is 7.39. The highest BCUT2D eigenvalue weighted by atomic mass is 35.5. The quantitative estimate of drug-likeness (QED) is 0.198. The highest BCUT2D eigenvalue weighted by Crippen LogP contribution is 2.41. The van der Waals surface area contributed by atoms with Gasteiger partial charge in [0.2, 0.25) is 15.9 Å². The molecule has 3 aromatic carbocycles. The number of carbonyl (C=O) groups is 2. The molecule has 0 saturated heterocycles. The number of amides is 2. The minimum atomic E-state index is -4.60. The molecule has 2 amide bonds. The highest BCUT2D eigenvalue weighted by molar-refractivity contribution is 7.89. The van der Waals surface area contributed by atoms with E-state index in [2.05, 4.69) is 5.32 Å². The first kappa shape index (κ1) is 30.6. The summed E-state index contributed by atoms with van der Waals surface area (Å²) in [5.74, 6) is 2.26. The number of hydrogen-bond acceptors (Lipinski definition) is 6. The number of rotatable bonds is 8. The lowest BCUT2D eigenvalue weighted by Crippen LogP contribution is -2.55. The van der Waals surface area contributed by atoms with Crippen molar-refractivity contribution in [1.82, 2.24) is 9.73 Å². The first-order chi connectivity index (χ1) is 19.4. The number of hydrogen-bond donors (Lipinski definition) is 3. The van der Waals surface area contributed by atoms with Crippen molar-refractivity contribution in [1.29, 1.82) is 0 Å². The molecule has 0 aliphatic carbocycles. The number of carbonyl (C=O) groups excluding carboxylic acids is 2. The van der Waals surface area contributed by atoms with E-state index < -0.39 is 52.3 Å². The van der Waals surface area contributed by atoms with Crippen LogP contribution in [0.5, 0.6) is 0 Å². The molecule has 3 atom stereocenters. The van der Waals surface area contributed by atoms with E-state index in [1.165, 1.54) is 25.1 Å². The van der Waals surface area contributed by atoms with Crippen LogP contribution >= 0.6 is 11.6 Å². The molecule has 0 saturated carbocycles. The Morgan fingerprint density at radius 3 is 2.51 bits per heavy atom. The third-order valence-corrected chi connectivity index (χ3v) is 9.55. The maximum atomic E-state index is 15.2. The predicted molar refractivity (Wildman–Crippen MR) is 154 cm³/mol. The molecule has 0 aromatic heterocycles. The molecule has 0 bridgehead atoms. The fourth-order valence-corrected chi connectivity index (χ4v) is 7.41. The average molecular weight is 603 g/mol. The van der Waals surface area contributed by atoms with Crippen molar-refractivity contribution in [3.8, 4) is 0 Å². The van der Waals surface area contributed by atoms with Gasteiger partial charge in [0, 0.05) is 16.5 Å². The monoisotopic (exact) mass is 602 g/mol. The SMILES string of the molecule is Cc1ccc(F)c(C(C)[C@@H](C(=O)NN)N2CC(=O)Nc3cc(Cl)cc(C(C)OCc4ccccc4)c3S2(=O)=O)c1C. The van der Waals surface area contributed by atoms with Crippen LogP contribution in [-0.2, 0) is 31.0 Å². The molecule has 3 aromatic rings. The number of nitrogens with one attached hydrogen (secondary N) is 2. The molecule has 1 heterocycles. The molecule has 4 rings (SSSR count). The maximum absolute atomic E-state index is 15.2. The average Bonchev–Trinajstić information content (AvgIpc) is 3.02. The molecular weight excluding hydrogens is 571 g/mol. The van der Waals surface area contributed by atoms with Gasteiger partial charge in [-0.1, -0.05) is 54.9 Å². The van der Waals surface area contributed by atoms with E-state index in [9.17, 15) is 18.0 Å². The summed E-state index contributed by atoms with van der Waals surface area (Å²) in [6, 6.07) is 13.4. The molecule has 0 radical (unpaired) electrons. The standard InChI is InChI=1S/C29H32ClFN4O5S/c1-16-10-11-23(31)26(17(16)2)18(3)27(29(37)34-32)35-14-25(36)33-24-13-21(30)12-22(28(24)41(35,38)39)19(4)40-15-20-8-6-5-7-9-20/h5-13,18-19,27H,14-15,32H2,1-4H3,(H,33,36)(H,34,37)/t18?,19?,27-/m0/s1.